The maximum absolute atomic E-state index is 12.3. The number of para-hydroxylation sites is 1. The summed E-state index contributed by atoms with van der Waals surface area (Å²) >= 11 is 1.10. The van der Waals surface area contributed by atoms with Gasteiger partial charge in [-0.1, -0.05) is 30.0 Å². The van der Waals surface area contributed by atoms with Crippen LogP contribution in [0.4, 0.5) is 5.69 Å². The number of hydrogen-bond donors (Lipinski definition) is 1. The zero-order chi connectivity index (χ0) is 22.2. The fraction of sp³-hybridized carbons (Fsp3) is 0.273. The van der Waals surface area contributed by atoms with E-state index in [0.29, 0.717) is 17.1 Å². The van der Waals surface area contributed by atoms with Crippen LogP contribution >= 0.6 is 11.8 Å². The Balaban J connectivity index is 1.51. The Kier molecular flexibility index (Phi) is 7.66. The average Bonchev–Trinajstić information content (AvgIpc) is 3.19. The maximum atomic E-state index is 12.3. The van der Waals surface area contributed by atoms with Gasteiger partial charge in [0.25, 0.3) is 11.1 Å². The van der Waals surface area contributed by atoms with Crippen LogP contribution in [-0.2, 0) is 16.1 Å². The van der Waals surface area contributed by atoms with E-state index in [9.17, 15) is 9.59 Å². The first-order valence-electron chi connectivity index (χ1n) is 9.67. The highest BCUT2D eigenvalue weighted by Gasteiger charge is 2.15. The number of thioether (sulfide) groups is 1. The van der Waals surface area contributed by atoms with Crippen molar-refractivity contribution >= 4 is 29.3 Å². The first-order valence-corrected chi connectivity index (χ1v) is 10.7. The van der Waals surface area contributed by atoms with Gasteiger partial charge in [-0.25, -0.2) is 4.79 Å². The zero-order valence-electron chi connectivity index (χ0n) is 17.5. The number of rotatable bonds is 9. The molecule has 1 aromatic heterocycles. The number of nitrogens with one attached hydrogen (secondary N) is 1. The van der Waals surface area contributed by atoms with Gasteiger partial charge < -0.3 is 19.2 Å². The van der Waals surface area contributed by atoms with Crippen molar-refractivity contribution in [2.75, 3.05) is 17.7 Å². The van der Waals surface area contributed by atoms with Crippen molar-refractivity contribution in [3.05, 3.63) is 65.0 Å². The van der Waals surface area contributed by atoms with Crippen LogP contribution in [0.2, 0.25) is 0 Å². The fourth-order valence-corrected chi connectivity index (χ4v) is 3.39. The Hall–Kier alpha value is -3.33. The minimum Gasteiger partial charge on any atom is -0.484 e. The van der Waals surface area contributed by atoms with Gasteiger partial charge in [0, 0.05) is 0 Å². The predicted molar refractivity (Wildman–Crippen MR) is 116 cm³/mol. The second kappa shape index (κ2) is 10.6. The van der Waals surface area contributed by atoms with E-state index in [2.05, 4.69) is 21.6 Å². The molecule has 9 heteroatoms. The molecule has 0 radical (unpaired) electrons. The lowest BCUT2D eigenvalue weighted by Gasteiger charge is -2.09. The van der Waals surface area contributed by atoms with Gasteiger partial charge in [0.15, 0.2) is 6.61 Å². The molecule has 162 valence electrons. The van der Waals surface area contributed by atoms with Crippen LogP contribution in [0.5, 0.6) is 5.75 Å². The lowest BCUT2D eigenvalue weighted by Crippen LogP contribution is -2.17. The third kappa shape index (κ3) is 6.58. The molecule has 2 aromatic carbocycles. The third-order valence-corrected chi connectivity index (χ3v) is 4.85. The molecule has 0 unspecified atom stereocenters. The van der Waals surface area contributed by atoms with Crippen molar-refractivity contribution in [3.63, 3.8) is 0 Å². The highest BCUT2D eigenvalue weighted by Crippen LogP contribution is 2.21. The summed E-state index contributed by atoms with van der Waals surface area (Å²) in [5.41, 5.74) is 2.89. The number of carbonyl (C=O) groups is 2. The molecule has 8 nitrogen and oxygen atoms in total. The highest BCUT2D eigenvalue weighted by molar-refractivity contribution is 7.99. The van der Waals surface area contributed by atoms with E-state index in [0.717, 1.165) is 28.6 Å². The van der Waals surface area contributed by atoms with Gasteiger partial charge in [-0.15, -0.1) is 10.2 Å². The van der Waals surface area contributed by atoms with Crippen molar-refractivity contribution in [2.45, 2.75) is 32.6 Å². The smallest absolute Gasteiger partial charge is 0.340 e. The Morgan fingerprint density at radius 3 is 2.58 bits per heavy atom. The van der Waals surface area contributed by atoms with Crippen molar-refractivity contribution in [3.8, 4) is 5.75 Å². The van der Waals surface area contributed by atoms with E-state index < -0.39 is 5.97 Å². The molecule has 3 aromatic rings. The molecule has 0 aliphatic heterocycles. The predicted octanol–water partition coefficient (Wildman–Crippen LogP) is 4.17. The van der Waals surface area contributed by atoms with Crippen LogP contribution in [0.1, 0.15) is 34.3 Å². The second-order valence-electron chi connectivity index (χ2n) is 6.68. The molecular weight excluding hydrogens is 418 g/mol. The highest BCUT2D eigenvalue weighted by atomic mass is 32.2. The first kappa shape index (κ1) is 22.4. The fourth-order valence-electron chi connectivity index (χ4n) is 2.81. The number of ether oxygens (including phenoxy) is 2. The largest absolute Gasteiger partial charge is 0.484 e. The number of amides is 1. The Bertz CT molecular complexity index is 1050. The van der Waals surface area contributed by atoms with E-state index >= 15 is 0 Å². The maximum Gasteiger partial charge on any atom is 0.340 e. The van der Waals surface area contributed by atoms with E-state index in [4.69, 9.17) is 13.9 Å². The SMILES string of the molecule is CCOC(=O)c1ccccc1NC(=O)CSc1nnc(COc2cc(C)cc(C)c2)o1. The van der Waals surface area contributed by atoms with Gasteiger partial charge >= 0.3 is 5.97 Å². The molecule has 31 heavy (non-hydrogen) atoms. The van der Waals surface area contributed by atoms with Crippen molar-refractivity contribution in [1.82, 2.24) is 10.2 Å². The van der Waals surface area contributed by atoms with E-state index in [1.54, 1.807) is 31.2 Å². The van der Waals surface area contributed by atoms with Gasteiger partial charge in [-0.2, -0.15) is 0 Å². The number of nitrogens with zero attached hydrogens (tertiary/aromatic N) is 2. The van der Waals surface area contributed by atoms with Crippen LogP contribution in [-0.4, -0.2) is 34.4 Å². The molecule has 1 amide bonds. The van der Waals surface area contributed by atoms with Crippen LogP contribution in [0.15, 0.2) is 52.1 Å². The standard InChI is InChI=1S/C22H23N3O5S/c1-4-28-21(27)17-7-5-6-8-18(17)23-19(26)13-31-22-25-24-20(30-22)12-29-16-10-14(2)9-15(3)11-16/h5-11H,4,12-13H2,1-3H3,(H,23,26). The molecular formula is C22H23N3O5S. The number of aromatic nitrogens is 2. The molecule has 1 heterocycles. The molecule has 0 atom stereocenters. The normalized spacial score (nSPS) is 10.5. The molecule has 0 aliphatic carbocycles. The van der Waals surface area contributed by atoms with Gasteiger partial charge in [0.1, 0.15) is 5.75 Å². The second-order valence-corrected chi connectivity index (χ2v) is 7.60. The summed E-state index contributed by atoms with van der Waals surface area (Å²) in [7, 11) is 0. The van der Waals surface area contributed by atoms with Gasteiger partial charge in [-0.3, -0.25) is 4.79 Å². The molecule has 3 rings (SSSR count). The summed E-state index contributed by atoms with van der Waals surface area (Å²) < 4.78 is 16.2. The van der Waals surface area contributed by atoms with Crippen LogP contribution < -0.4 is 10.1 Å². The number of benzene rings is 2. The van der Waals surface area contributed by atoms with Crippen molar-refractivity contribution < 1.29 is 23.5 Å². The lowest BCUT2D eigenvalue weighted by molar-refractivity contribution is -0.113. The molecule has 0 bridgehead atoms. The van der Waals surface area contributed by atoms with Crippen LogP contribution in [0, 0.1) is 13.8 Å². The topological polar surface area (TPSA) is 104 Å². The number of anilines is 1. The molecule has 0 saturated carbocycles. The summed E-state index contributed by atoms with van der Waals surface area (Å²) in [5, 5.41) is 10.8. The van der Waals surface area contributed by atoms with Crippen molar-refractivity contribution in [2.24, 2.45) is 0 Å². The quantitative estimate of drug-likeness (QED) is 0.390. The third-order valence-electron chi connectivity index (χ3n) is 4.03. The van der Waals surface area contributed by atoms with E-state index in [-0.39, 0.29) is 30.1 Å². The van der Waals surface area contributed by atoms with Crippen molar-refractivity contribution in [1.29, 1.82) is 0 Å². The number of aryl methyl sites for hydroxylation is 2. The summed E-state index contributed by atoms with van der Waals surface area (Å²) in [5.74, 6) is 0.278. The first-order chi connectivity index (χ1) is 14.9. The van der Waals surface area contributed by atoms with E-state index in [1.807, 2.05) is 26.0 Å². The number of carbonyl (C=O) groups excluding carboxylic acids is 2. The molecule has 0 fully saturated rings. The van der Waals surface area contributed by atoms with E-state index in [1.165, 1.54) is 0 Å². The Labute approximate surface area is 184 Å². The lowest BCUT2D eigenvalue weighted by atomic mass is 10.1. The molecule has 0 spiro atoms. The minimum absolute atomic E-state index is 0.0384. The minimum atomic E-state index is -0.489. The summed E-state index contributed by atoms with van der Waals surface area (Å²) in [6.45, 7) is 6.11. The van der Waals surface area contributed by atoms with Crippen LogP contribution in [0.3, 0.4) is 0 Å². The summed E-state index contributed by atoms with van der Waals surface area (Å²) in [4.78, 5) is 24.3. The summed E-state index contributed by atoms with van der Waals surface area (Å²) in [6, 6.07) is 12.6. The summed E-state index contributed by atoms with van der Waals surface area (Å²) in [6.07, 6.45) is 0. The van der Waals surface area contributed by atoms with Gasteiger partial charge in [0.2, 0.25) is 5.91 Å². The Morgan fingerprint density at radius 1 is 1.10 bits per heavy atom. The molecule has 0 saturated heterocycles. The number of esters is 1. The monoisotopic (exact) mass is 441 g/mol. The van der Waals surface area contributed by atoms with Gasteiger partial charge in [-0.05, 0) is 56.2 Å². The molecule has 0 aliphatic rings. The zero-order valence-corrected chi connectivity index (χ0v) is 18.3. The Morgan fingerprint density at radius 2 is 1.84 bits per heavy atom. The molecule has 1 N–H and O–H groups in total. The average molecular weight is 442 g/mol. The van der Waals surface area contributed by atoms with Crippen LogP contribution in [0.25, 0.3) is 0 Å². The van der Waals surface area contributed by atoms with Gasteiger partial charge in [0.05, 0.1) is 23.6 Å². The number of hydrogen-bond acceptors (Lipinski definition) is 8.